The minimum atomic E-state index is -0.145. The van der Waals surface area contributed by atoms with Crippen LogP contribution in [0.3, 0.4) is 0 Å². The third-order valence-electron chi connectivity index (χ3n) is 2.25. The molecule has 0 aliphatic carbocycles. The highest BCUT2D eigenvalue weighted by Crippen LogP contribution is 2.11. The Labute approximate surface area is 119 Å². The summed E-state index contributed by atoms with van der Waals surface area (Å²) in [6, 6.07) is 11.3. The zero-order chi connectivity index (χ0) is 12.8. The van der Waals surface area contributed by atoms with Gasteiger partial charge < -0.3 is 5.32 Å². The summed E-state index contributed by atoms with van der Waals surface area (Å²) in [7, 11) is 0. The molecule has 0 aliphatic heterocycles. The first kappa shape index (κ1) is 12.8. The normalized spacial score (nSPS) is 10.5. The van der Waals surface area contributed by atoms with E-state index < -0.39 is 0 Å². The van der Waals surface area contributed by atoms with Crippen molar-refractivity contribution in [3.63, 3.8) is 0 Å². The number of carbonyl (C=O) groups excluding carboxylic acids is 1. The van der Waals surface area contributed by atoms with Gasteiger partial charge in [0.2, 0.25) is 5.91 Å². The number of carbonyl (C=O) groups is 1. The summed E-state index contributed by atoms with van der Waals surface area (Å²) < 4.78 is 1.14. The molecule has 1 heterocycles. The minimum absolute atomic E-state index is 0.145. The van der Waals surface area contributed by atoms with Crippen LogP contribution in [-0.4, -0.2) is 10.9 Å². The largest absolute Gasteiger partial charge is 0.323 e. The predicted octanol–water partition coefficient (Wildman–Crippen LogP) is 3.34. The lowest BCUT2D eigenvalue weighted by Gasteiger charge is -2.01. The Bertz CT molecular complexity index is 550. The zero-order valence-corrected chi connectivity index (χ0v) is 11.7. The Hall–Kier alpha value is -1.69. The van der Waals surface area contributed by atoms with Crippen LogP contribution in [0.5, 0.6) is 0 Å². The number of amides is 1. The van der Waals surface area contributed by atoms with Crippen LogP contribution in [0.25, 0.3) is 6.08 Å². The van der Waals surface area contributed by atoms with Crippen molar-refractivity contribution in [2.24, 2.45) is 0 Å². The number of hydrogen-bond donors (Lipinski definition) is 1. The number of nitrogens with zero attached hydrogens (tertiary/aromatic N) is 1. The van der Waals surface area contributed by atoms with Crippen molar-refractivity contribution in [1.82, 2.24) is 4.98 Å². The Morgan fingerprint density at radius 3 is 2.44 bits per heavy atom. The molecule has 0 fully saturated rings. The minimum Gasteiger partial charge on any atom is -0.323 e. The van der Waals surface area contributed by atoms with Gasteiger partial charge >= 0.3 is 0 Å². The Morgan fingerprint density at radius 2 is 1.78 bits per heavy atom. The van der Waals surface area contributed by atoms with E-state index in [0.717, 1.165) is 14.8 Å². The van der Waals surface area contributed by atoms with Crippen LogP contribution in [0.2, 0.25) is 0 Å². The van der Waals surface area contributed by atoms with Gasteiger partial charge in [-0.3, -0.25) is 9.78 Å². The third kappa shape index (κ3) is 3.96. The number of benzene rings is 1. The molecule has 0 saturated heterocycles. The molecule has 0 atom stereocenters. The first-order chi connectivity index (χ1) is 8.74. The summed E-state index contributed by atoms with van der Waals surface area (Å²) in [6.45, 7) is 0. The van der Waals surface area contributed by atoms with E-state index in [9.17, 15) is 4.79 Å². The molecule has 0 saturated carbocycles. The van der Waals surface area contributed by atoms with Gasteiger partial charge in [0.25, 0.3) is 0 Å². The van der Waals surface area contributed by atoms with Crippen molar-refractivity contribution in [2.45, 2.75) is 0 Å². The fraction of sp³-hybridized carbons (Fsp3) is 0. The van der Waals surface area contributed by atoms with Gasteiger partial charge in [0.15, 0.2) is 0 Å². The number of anilines is 1. The average Bonchev–Trinajstić information content (AvgIpc) is 2.40. The highest BCUT2D eigenvalue weighted by Gasteiger charge is 1.97. The number of halogens is 1. The van der Waals surface area contributed by atoms with E-state index in [1.54, 1.807) is 18.5 Å². The zero-order valence-electron chi connectivity index (χ0n) is 9.51. The second-order valence-electron chi connectivity index (χ2n) is 3.61. The van der Waals surface area contributed by atoms with Gasteiger partial charge in [0.1, 0.15) is 0 Å². The van der Waals surface area contributed by atoms with Crippen molar-refractivity contribution in [1.29, 1.82) is 0 Å². The summed E-state index contributed by atoms with van der Waals surface area (Å²) in [5.41, 5.74) is 1.74. The second-order valence-corrected chi connectivity index (χ2v) is 4.86. The molecule has 18 heavy (non-hydrogen) atoms. The Morgan fingerprint density at radius 1 is 1.11 bits per heavy atom. The van der Waals surface area contributed by atoms with E-state index in [4.69, 9.17) is 0 Å². The second kappa shape index (κ2) is 6.30. The number of aromatic nitrogens is 1. The summed E-state index contributed by atoms with van der Waals surface area (Å²) >= 11 is 2.22. The molecule has 4 heteroatoms. The maximum absolute atomic E-state index is 11.7. The van der Waals surface area contributed by atoms with Crippen LogP contribution < -0.4 is 5.32 Å². The molecular formula is C14H11IN2O. The third-order valence-corrected chi connectivity index (χ3v) is 2.96. The lowest BCUT2D eigenvalue weighted by molar-refractivity contribution is -0.111. The van der Waals surface area contributed by atoms with E-state index in [0.29, 0.717) is 0 Å². The fourth-order valence-corrected chi connectivity index (χ4v) is 1.72. The van der Waals surface area contributed by atoms with Crippen LogP contribution in [0.15, 0.2) is 54.9 Å². The van der Waals surface area contributed by atoms with Gasteiger partial charge in [-0.25, -0.2) is 0 Å². The predicted molar refractivity (Wildman–Crippen MR) is 81.1 cm³/mol. The molecule has 90 valence electrons. The molecule has 0 aliphatic rings. The van der Waals surface area contributed by atoms with E-state index in [-0.39, 0.29) is 5.91 Å². The lowest BCUT2D eigenvalue weighted by Crippen LogP contribution is -2.07. The van der Waals surface area contributed by atoms with E-state index in [1.165, 1.54) is 6.08 Å². The molecule has 3 nitrogen and oxygen atoms in total. The van der Waals surface area contributed by atoms with Crippen LogP contribution >= 0.6 is 22.6 Å². The van der Waals surface area contributed by atoms with E-state index in [1.807, 2.05) is 36.4 Å². The van der Waals surface area contributed by atoms with Gasteiger partial charge in [-0.2, -0.15) is 0 Å². The van der Waals surface area contributed by atoms with Crippen molar-refractivity contribution >= 4 is 40.3 Å². The van der Waals surface area contributed by atoms with Crippen molar-refractivity contribution in [2.75, 3.05) is 5.32 Å². The maximum atomic E-state index is 11.7. The van der Waals surface area contributed by atoms with Crippen LogP contribution in [0.4, 0.5) is 5.69 Å². The molecule has 0 radical (unpaired) electrons. The molecule has 0 bridgehead atoms. The van der Waals surface area contributed by atoms with E-state index >= 15 is 0 Å². The Kier molecular flexibility index (Phi) is 4.46. The fourth-order valence-electron chi connectivity index (χ4n) is 1.36. The molecule has 1 N–H and O–H groups in total. The molecule has 0 unspecified atom stereocenters. The highest BCUT2D eigenvalue weighted by molar-refractivity contribution is 14.1. The summed E-state index contributed by atoms with van der Waals surface area (Å²) in [5, 5.41) is 2.79. The number of pyridine rings is 1. The lowest BCUT2D eigenvalue weighted by atomic mass is 10.2. The molecule has 1 amide bonds. The quantitative estimate of drug-likeness (QED) is 0.682. The monoisotopic (exact) mass is 350 g/mol. The van der Waals surface area contributed by atoms with Gasteiger partial charge in [0, 0.05) is 27.7 Å². The smallest absolute Gasteiger partial charge is 0.248 e. The first-order valence-electron chi connectivity index (χ1n) is 5.39. The molecule has 0 spiro atoms. The van der Waals surface area contributed by atoms with Gasteiger partial charge in [-0.15, -0.1) is 0 Å². The SMILES string of the molecule is O=C(/C=C/c1ccncc1)Nc1ccc(I)cc1. The molecule has 2 rings (SSSR count). The first-order valence-corrected chi connectivity index (χ1v) is 6.46. The topological polar surface area (TPSA) is 42.0 Å². The van der Waals surface area contributed by atoms with Gasteiger partial charge in [0.05, 0.1) is 0 Å². The number of hydrogen-bond acceptors (Lipinski definition) is 2. The van der Waals surface area contributed by atoms with E-state index in [2.05, 4.69) is 32.9 Å². The van der Waals surface area contributed by atoms with Crippen molar-refractivity contribution < 1.29 is 4.79 Å². The standard InChI is InChI=1S/C14H11IN2O/c15-12-2-4-13(5-3-12)17-14(18)6-1-11-7-9-16-10-8-11/h1-10H,(H,17,18)/b6-1+. The van der Waals surface area contributed by atoms with Crippen molar-refractivity contribution in [3.8, 4) is 0 Å². The van der Waals surface area contributed by atoms with Crippen LogP contribution in [-0.2, 0) is 4.79 Å². The van der Waals surface area contributed by atoms with Gasteiger partial charge in [-0.1, -0.05) is 0 Å². The number of rotatable bonds is 3. The molecule has 1 aromatic heterocycles. The van der Waals surface area contributed by atoms with Crippen molar-refractivity contribution in [3.05, 3.63) is 64.0 Å². The highest BCUT2D eigenvalue weighted by atomic mass is 127. The van der Waals surface area contributed by atoms with Crippen LogP contribution in [0, 0.1) is 3.57 Å². The summed E-state index contributed by atoms with van der Waals surface area (Å²) in [5.74, 6) is -0.145. The Balaban J connectivity index is 1.97. The molecular weight excluding hydrogens is 339 g/mol. The maximum Gasteiger partial charge on any atom is 0.248 e. The molecule has 2 aromatic rings. The summed E-state index contributed by atoms with van der Waals surface area (Å²) in [6.07, 6.45) is 6.64. The average molecular weight is 350 g/mol. The molecule has 1 aromatic carbocycles. The van der Waals surface area contributed by atoms with Crippen LogP contribution in [0.1, 0.15) is 5.56 Å². The summed E-state index contributed by atoms with van der Waals surface area (Å²) in [4.78, 5) is 15.6. The van der Waals surface area contributed by atoms with Gasteiger partial charge in [-0.05, 0) is 70.6 Å². The number of nitrogens with one attached hydrogen (secondary N) is 1.